The highest BCUT2D eigenvalue weighted by molar-refractivity contribution is 7.88. The predicted octanol–water partition coefficient (Wildman–Crippen LogP) is 4.88. The number of urea groups is 1. The molecule has 1 aromatic heterocycles. The predicted molar refractivity (Wildman–Crippen MR) is 119 cm³/mol. The van der Waals surface area contributed by atoms with E-state index in [2.05, 4.69) is 20.3 Å². The number of hydrogen-bond acceptors (Lipinski definition) is 6. The van der Waals surface area contributed by atoms with E-state index in [1.54, 1.807) is 0 Å². The Hall–Kier alpha value is -2.22. The molecule has 180 valence electrons. The summed E-state index contributed by atoms with van der Waals surface area (Å²) in [6.45, 7) is -0.184. The lowest BCUT2D eigenvalue weighted by molar-refractivity contribution is -0.137. The molecule has 1 fully saturated rings. The summed E-state index contributed by atoms with van der Waals surface area (Å²) in [6, 6.07) is 1.74. The zero-order chi connectivity index (χ0) is 24.4. The molecule has 0 aliphatic heterocycles. The summed E-state index contributed by atoms with van der Waals surface area (Å²) in [5.41, 5.74) is -1.06. The number of hydrogen-bond donors (Lipinski definition) is 3. The molecule has 1 aromatic carbocycles. The molecule has 2 aromatic rings. The molecule has 0 atom stereocenters. The maximum Gasteiger partial charge on any atom is 0.416 e. The lowest BCUT2D eigenvalue weighted by Gasteiger charge is -2.16. The van der Waals surface area contributed by atoms with E-state index in [0.717, 1.165) is 48.6 Å². The fourth-order valence-electron chi connectivity index (χ4n) is 3.39. The van der Waals surface area contributed by atoms with Gasteiger partial charge in [0.2, 0.25) is 10.0 Å². The zero-order valence-electron chi connectivity index (χ0n) is 17.3. The highest BCUT2D eigenvalue weighted by Crippen LogP contribution is 2.35. The van der Waals surface area contributed by atoms with Crippen molar-refractivity contribution in [1.29, 1.82) is 0 Å². The Labute approximate surface area is 197 Å². The van der Waals surface area contributed by atoms with Crippen LogP contribution in [0.3, 0.4) is 0 Å². The van der Waals surface area contributed by atoms with Crippen molar-refractivity contribution >= 4 is 55.6 Å². The maximum absolute atomic E-state index is 13.2. The summed E-state index contributed by atoms with van der Waals surface area (Å²) in [6.07, 6.45) is -0.862. The average molecular weight is 525 g/mol. The number of nitrogens with one attached hydrogen (secondary N) is 3. The van der Waals surface area contributed by atoms with Gasteiger partial charge in [0.05, 0.1) is 29.7 Å². The lowest BCUT2D eigenvalue weighted by atomic mass is 9.93. The van der Waals surface area contributed by atoms with Crippen molar-refractivity contribution in [2.75, 3.05) is 16.9 Å². The SMILES string of the molecule is CS(=O)(=O)NCc1nc(NC(=O)Nc2ccc(C(F)(F)F)cc2C(=O)C2CCCC2)sc1Cl. The molecule has 1 aliphatic carbocycles. The van der Waals surface area contributed by atoms with E-state index >= 15 is 0 Å². The second kappa shape index (κ2) is 9.95. The number of sulfonamides is 1. The molecule has 0 saturated heterocycles. The number of carbonyl (C=O) groups is 2. The van der Waals surface area contributed by atoms with Crippen LogP contribution in [0.25, 0.3) is 0 Å². The van der Waals surface area contributed by atoms with Crippen molar-refractivity contribution in [3.63, 3.8) is 0 Å². The Kier molecular flexibility index (Phi) is 7.66. The minimum Gasteiger partial charge on any atom is -0.307 e. The molecule has 0 radical (unpaired) electrons. The number of carbonyl (C=O) groups excluding carboxylic acids is 2. The molecule has 14 heteroatoms. The summed E-state index contributed by atoms with van der Waals surface area (Å²) in [7, 11) is -3.48. The van der Waals surface area contributed by atoms with E-state index in [1.165, 1.54) is 0 Å². The van der Waals surface area contributed by atoms with Gasteiger partial charge in [0.15, 0.2) is 10.9 Å². The zero-order valence-corrected chi connectivity index (χ0v) is 19.6. The number of amides is 2. The van der Waals surface area contributed by atoms with Gasteiger partial charge < -0.3 is 5.32 Å². The van der Waals surface area contributed by atoms with Crippen LogP contribution in [0.5, 0.6) is 0 Å². The van der Waals surface area contributed by atoms with Gasteiger partial charge in [0.25, 0.3) is 0 Å². The number of anilines is 2. The van der Waals surface area contributed by atoms with E-state index in [1.807, 2.05) is 0 Å². The van der Waals surface area contributed by atoms with Gasteiger partial charge in [-0.05, 0) is 31.0 Å². The summed E-state index contributed by atoms with van der Waals surface area (Å²) in [5.74, 6) is -0.833. The standard InChI is InChI=1S/C19H20ClF3N4O4S2/c1-33(30,31)24-9-14-16(20)32-18(26-14)27-17(29)25-13-7-6-11(19(21,22)23)8-12(13)15(28)10-4-2-3-5-10/h6-8,10,24H,2-5,9H2,1H3,(H2,25,26,27,29). The number of thiazole rings is 1. The summed E-state index contributed by atoms with van der Waals surface area (Å²) in [5, 5.41) is 4.83. The van der Waals surface area contributed by atoms with E-state index in [4.69, 9.17) is 11.6 Å². The van der Waals surface area contributed by atoms with E-state index < -0.39 is 33.6 Å². The van der Waals surface area contributed by atoms with Gasteiger partial charge in [-0.3, -0.25) is 10.1 Å². The Morgan fingerprint density at radius 2 is 1.88 bits per heavy atom. The van der Waals surface area contributed by atoms with E-state index in [9.17, 15) is 31.2 Å². The van der Waals surface area contributed by atoms with Crippen LogP contribution in [0.1, 0.15) is 47.3 Å². The summed E-state index contributed by atoms with van der Waals surface area (Å²) < 4.78 is 64.4. The lowest BCUT2D eigenvalue weighted by Crippen LogP contribution is -2.23. The van der Waals surface area contributed by atoms with Crippen LogP contribution in [0, 0.1) is 5.92 Å². The average Bonchev–Trinajstić information content (AvgIpc) is 3.34. The Morgan fingerprint density at radius 1 is 1.21 bits per heavy atom. The molecule has 1 saturated carbocycles. The van der Waals surface area contributed by atoms with Gasteiger partial charge in [-0.15, -0.1) is 0 Å². The van der Waals surface area contributed by atoms with Gasteiger partial charge in [-0.25, -0.2) is 22.9 Å². The molecule has 2 amide bonds. The van der Waals surface area contributed by atoms with Crippen molar-refractivity contribution in [3.8, 4) is 0 Å². The third-order valence-electron chi connectivity index (χ3n) is 4.96. The second-order valence-electron chi connectivity index (χ2n) is 7.52. The molecule has 0 unspecified atom stereocenters. The first kappa shape index (κ1) is 25.4. The Balaban J connectivity index is 1.78. The molecule has 3 rings (SSSR count). The highest BCUT2D eigenvalue weighted by Gasteiger charge is 2.33. The molecule has 1 aliphatic rings. The van der Waals surface area contributed by atoms with Crippen molar-refractivity contribution in [2.24, 2.45) is 5.92 Å². The van der Waals surface area contributed by atoms with E-state index in [0.29, 0.717) is 12.8 Å². The van der Waals surface area contributed by atoms with Gasteiger partial charge >= 0.3 is 12.2 Å². The van der Waals surface area contributed by atoms with Crippen LogP contribution in [0.15, 0.2) is 18.2 Å². The first-order valence-corrected chi connectivity index (χ1v) is 12.9. The molecular weight excluding hydrogens is 505 g/mol. The maximum atomic E-state index is 13.2. The number of halogens is 4. The molecule has 3 N–H and O–H groups in total. The third-order valence-corrected chi connectivity index (χ3v) is 6.88. The van der Waals surface area contributed by atoms with Crippen LogP contribution in [-0.4, -0.2) is 31.5 Å². The fourth-order valence-corrected chi connectivity index (χ4v) is 4.82. The monoisotopic (exact) mass is 524 g/mol. The van der Waals surface area contributed by atoms with Crippen molar-refractivity contribution in [3.05, 3.63) is 39.4 Å². The van der Waals surface area contributed by atoms with Crippen molar-refractivity contribution < 1.29 is 31.2 Å². The summed E-state index contributed by atoms with van der Waals surface area (Å²) in [4.78, 5) is 29.4. The number of rotatable bonds is 7. The number of aromatic nitrogens is 1. The number of ketones is 1. The minimum atomic E-state index is -4.64. The van der Waals surface area contributed by atoms with E-state index in [-0.39, 0.29) is 38.9 Å². The largest absolute Gasteiger partial charge is 0.416 e. The molecule has 33 heavy (non-hydrogen) atoms. The second-order valence-corrected chi connectivity index (χ2v) is 10.9. The highest BCUT2D eigenvalue weighted by atomic mass is 35.5. The van der Waals surface area contributed by atoms with Crippen LogP contribution >= 0.6 is 22.9 Å². The first-order chi connectivity index (χ1) is 15.3. The molecule has 0 spiro atoms. The van der Waals surface area contributed by atoms with Crippen molar-refractivity contribution in [1.82, 2.24) is 9.71 Å². The normalized spacial score (nSPS) is 14.9. The molecule has 1 heterocycles. The topological polar surface area (TPSA) is 117 Å². The number of nitrogens with zero attached hydrogens (tertiary/aromatic N) is 1. The minimum absolute atomic E-state index is 0.0402. The number of benzene rings is 1. The molecule has 8 nitrogen and oxygen atoms in total. The Morgan fingerprint density at radius 3 is 2.48 bits per heavy atom. The summed E-state index contributed by atoms with van der Waals surface area (Å²) >= 11 is 6.89. The first-order valence-electron chi connectivity index (χ1n) is 9.77. The molecule has 0 bridgehead atoms. The third kappa shape index (κ3) is 6.88. The number of alkyl halides is 3. The van der Waals surface area contributed by atoms with Crippen LogP contribution in [-0.2, 0) is 22.7 Å². The van der Waals surface area contributed by atoms with Crippen molar-refractivity contribution in [2.45, 2.75) is 38.4 Å². The molecular formula is C19H20ClF3N4O4S2. The van der Waals surface area contributed by atoms with Gasteiger partial charge in [-0.1, -0.05) is 35.8 Å². The van der Waals surface area contributed by atoms with Gasteiger partial charge in [0.1, 0.15) is 4.34 Å². The Bertz CT molecular complexity index is 1160. The quantitative estimate of drug-likeness (QED) is 0.446. The number of Topliss-reactive ketones (excluding diaryl/α,β-unsaturated/α-hetero) is 1. The van der Waals surface area contributed by atoms with Crippen LogP contribution in [0.2, 0.25) is 4.34 Å². The smallest absolute Gasteiger partial charge is 0.307 e. The van der Waals surface area contributed by atoms with Crippen LogP contribution in [0.4, 0.5) is 28.8 Å². The van der Waals surface area contributed by atoms with Crippen LogP contribution < -0.4 is 15.4 Å². The van der Waals surface area contributed by atoms with Gasteiger partial charge in [0, 0.05) is 11.5 Å². The fraction of sp³-hybridized carbons (Fsp3) is 0.421. The van der Waals surface area contributed by atoms with Gasteiger partial charge in [-0.2, -0.15) is 13.2 Å².